The number of hydrogen-bond donors (Lipinski definition) is 0. The molecule has 5 aliphatic rings. The zero-order chi connectivity index (χ0) is 17.1. The Hall–Kier alpha value is -2.24. The maximum Gasteiger partial charge on any atom is 0.321 e. The molecule has 3 fully saturated rings. The predicted octanol–water partition coefficient (Wildman–Crippen LogP) is 1.55. The van der Waals surface area contributed by atoms with E-state index in [4.69, 9.17) is 0 Å². The molecule has 2 aliphatic heterocycles. The Balaban J connectivity index is 0.000000123. The topological polar surface area (TPSA) is 86.7 Å². The summed E-state index contributed by atoms with van der Waals surface area (Å²) in [6.07, 6.45) is 10.4. The first-order valence-electron chi connectivity index (χ1n) is 8.28. The molecule has 2 saturated heterocycles. The maximum absolute atomic E-state index is 11.4. The number of rotatable bonds is 0. The third kappa shape index (κ3) is 2.08. The van der Waals surface area contributed by atoms with Crippen LogP contribution in [0, 0.1) is 35.0 Å². The summed E-state index contributed by atoms with van der Waals surface area (Å²) in [6.45, 7) is 2.04. The van der Waals surface area contributed by atoms with E-state index in [-0.39, 0.29) is 58.9 Å². The molecule has 0 aromatic heterocycles. The summed E-state index contributed by atoms with van der Waals surface area (Å²) < 4.78 is 9.14. The number of carbonyl (C=O) groups is 4. The Kier molecular flexibility index (Phi) is 3.27. The van der Waals surface area contributed by atoms with Crippen molar-refractivity contribution in [2.75, 3.05) is 0 Å². The highest BCUT2D eigenvalue weighted by molar-refractivity contribution is 5.98. The van der Waals surface area contributed by atoms with Crippen molar-refractivity contribution in [2.24, 2.45) is 35.0 Å². The molecule has 6 heteroatoms. The highest BCUT2D eigenvalue weighted by Crippen LogP contribution is 2.59. The van der Waals surface area contributed by atoms with E-state index in [9.17, 15) is 19.2 Å². The Morgan fingerprint density at radius 3 is 2.46 bits per heavy atom. The number of hydrogen-bond acceptors (Lipinski definition) is 6. The van der Waals surface area contributed by atoms with Gasteiger partial charge in [-0.15, -0.1) is 0 Å². The minimum absolute atomic E-state index is 0.113. The quantitative estimate of drug-likeness (QED) is 0.380. The van der Waals surface area contributed by atoms with E-state index < -0.39 is 0 Å². The van der Waals surface area contributed by atoms with Gasteiger partial charge in [0.15, 0.2) is 0 Å². The number of ether oxygens (including phenoxy) is 2. The first-order chi connectivity index (χ1) is 11.4. The van der Waals surface area contributed by atoms with Crippen LogP contribution in [-0.4, -0.2) is 23.9 Å². The molecule has 126 valence electrons. The normalized spacial score (nSPS) is 44.0. The summed E-state index contributed by atoms with van der Waals surface area (Å²) in [5.41, 5.74) is -0.113. The molecule has 2 bridgehead atoms. The van der Waals surface area contributed by atoms with Gasteiger partial charge in [-0.2, -0.15) is 0 Å². The zero-order valence-corrected chi connectivity index (χ0v) is 13.3. The van der Waals surface area contributed by atoms with E-state index in [0.29, 0.717) is 0 Å². The summed E-state index contributed by atoms with van der Waals surface area (Å²) >= 11 is 0. The van der Waals surface area contributed by atoms with Gasteiger partial charge in [0.25, 0.3) is 0 Å². The second-order valence-corrected chi connectivity index (χ2v) is 7.35. The molecule has 0 spiro atoms. The number of allylic oxidation sites excluding steroid dienone is 3. The highest BCUT2D eigenvalue weighted by Gasteiger charge is 2.63. The zero-order valence-electron chi connectivity index (χ0n) is 13.3. The van der Waals surface area contributed by atoms with Gasteiger partial charge in [0.05, 0.1) is 23.7 Å². The minimum Gasteiger partial charge on any atom is -0.393 e. The SMILES string of the molecule is CC12C=CC(C1)C1C(=O)OC(=O)C12.O=C1OC(=O)C2CCC=CC12. The van der Waals surface area contributed by atoms with E-state index in [1.54, 1.807) is 6.08 Å². The molecule has 6 atom stereocenters. The van der Waals surface area contributed by atoms with Gasteiger partial charge in [-0.1, -0.05) is 31.2 Å². The van der Waals surface area contributed by atoms with E-state index in [1.807, 2.05) is 13.0 Å². The van der Waals surface area contributed by atoms with E-state index in [1.165, 1.54) is 0 Å². The third-order valence-electron chi connectivity index (χ3n) is 5.86. The molecule has 0 aromatic rings. The largest absolute Gasteiger partial charge is 0.393 e. The van der Waals surface area contributed by atoms with Crippen molar-refractivity contribution in [2.45, 2.75) is 26.2 Å². The molecule has 2 heterocycles. The fraction of sp³-hybridized carbons (Fsp3) is 0.556. The minimum atomic E-state index is -0.379. The molecule has 6 nitrogen and oxygen atoms in total. The van der Waals surface area contributed by atoms with Gasteiger partial charge in [-0.25, -0.2) is 0 Å². The Morgan fingerprint density at radius 2 is 1.75 bits per heavy atom. The van der Waals surface area contributed by atoms with Crippen LogP contribution in [0.15, 0.2) is 24.3 Å². The van der Waals surface area contributed by atoms with Gasteiger partial charge in [-0.05, 0) is 25.2 Å². The molecule has 3 aliphatic carbocycles. The van der Waals surface area contributed by atoms with Crippen LogP contribution in [0.5, 0.6) is 0 Å². The van der Waals surface area contributed by atoms with Crippen molar-refractivity contribution in [3.63, 3.8) is 0 Å². The number of fused-ring (bicyclic) bond motifs is 6. The van der Waals surface area contributed by atoms with Crippen LogP contribution in [-0.2, 0) is 28.7 Å². The summed E-state index contributed by atoms with van der Waals surface area (Å²) in [5.74, 6) is -1.95. The Morgan fingerprint density at radius 1 is 1.00 bits per heavy atom. The standard InChI is InChI=1S/C10H10O3.C8H8O3/c1-10-3-2-5(4-10)6-7(10)9(12)13-8(6)11;9-7-5-3-1-2-4-6(5)8(10)11-7/h2-3,5-7H,4H2,1H3;1,3,5-6H,2,4H2. The van der Waals surface area contributed by atoms with Gasteiger partial charge in [-0.3, -0.25) is 19.2 Å². The van der Waals surface area contributed by atoms with Crippen molar-refractivity contribution in [3.05, 3.63) is 24.3 Å². The summed E-state index contributed by atoms with van der Waals surface area (Å²) in [7, 11) is 0. The number of esters is 4. The smallest absolute Gasteiger partial charge is 0.321 e. The predicted molar refractivity (Wildman–Crippen MR) is 79.9 cm³/mol. The van der Waals surface area contributed by atoms with Gasteiger partial charge in [0.2, 0.25) is 0 Å². The highest BCUT2D eigenvalue weighted by atomic mass is 16.6. The van der Waals surface area contributed by atoms with Crippen LogP contribution in [0.1, 0.15) is 26.2 Å². The van der Waals surface area contributed by atoms with Gasteiger partial charge in [0.1, 0.15) is 0 Å². The lowest BCUT2D eigenvalue weighted by molar-refractivity contribution is -0.156. The number of cyclic esters (lactones) is 4. The lowest BCUT2D eigenvalue weighted by atomic mass is 9.76. The Labute approximate surface area is 138 Å². The molecule has 0 aromatic carbocycles. The van der Waals surface area contributed by atoms with Crippen molar-refractivity contribution >= 4 is 23.9 Å². The molecular weight excluding hydrogens is 312 g/mol. The van der Waals surface area contributed by atoms with Crippen LogP contribution in [0.3, 0.4) is 0 Å². The second-order valence-electron chi connectivity index (χ2n) is 7.35. The van der Waals surface area contributed by atoms with E-state index in [2.05, 4.69) is 21.6 Å². The average Bonchev–Trinajstić information content (AvgIpc) is 3.24. The average molecular weight is 330 g/mol. The van der Waals surface area contributed by atoms with Crippen molar-refractivity contribution < 1.29 is 28.7 Å². The van der Waals surface area contributed by atoms with Crippen molar-refractivity contribution in [1.29, 1.82) is 0 Å². The van der Waals surface area contributed by atoms with Crippen molar-refractivity contribution in [3.8, 4) is 0 Å². The van der Waals surface area contributed by atoms with Crippen LogP contribution in [0.4, 0.5) is 0 Å². The lowest BCUT2D eigenvalue weighted by Gasteiger charge is -2.23. The van der Waals surface area contributed by atoms with E-state index in [0.717, 1.165) is 19.3 Å². The monoisotopic (exact) mass is 330 g/mol. The molecule has 0 radical (unpaired) electrons. The second kappa shape index (κ2) is 5.13. The van der Waals surface area contributed by atoms with E-state index >= 15 is 0 Å². The fourth-order valence-electron chi connectivity index (χ4n) is 4.66. The maximum atomic E-state index is 11.4. The van der Waals surface area contributed by atoms with Crippen LogP contribution >= 0.6 is 0 Å². The van der Waals surface area contributed by atoms with Gasteiger partial charge >= 0.3 is 23.9 Å². The molecule has 0 amide bonds. The molecule has 1 saturated carbocycles. The molecule has 0 N–H and O–H groups in total. The van der Waals surface area contributed by atoms with Crippen LogP contribution in [0.25, 0.3) is 0 Å². The van der Waals surface area contributed by atoms with Gasteiger partial charge in [0, 0.05) is 5.41 Å². The molecule has 24 heavy (non-hydrogen) atoms. The van der Waals surface area contributed by atoms with Gasteiger partial charge < -0.3 is 9.47 Å². The first kappa shape index (κ1) is 15.3. The summed E-state index contributed by atoms with van der Waals surface area (Å²) in [5, 5.41) is 0. The fourth-order valence-corrected chi connectivity index (χ4v) is 4.66. The third-order valence-corrected chi connectivity index (χ3v) is 5.86. The first-order valence-corrected chi connectivity index (χ1v) is 8.28. The Bertz CT molecular complexity index is 704. The lowest BCUT2D eigenvalue weighted by Crippen LogP contribution is -2.28. The molecular formula is C18H18O6. The number of carbonyl (C=O) groups excluding carboxylic acids is 4. The summed E-state index contributed by atoms with van der Waals surface area (Å²) in [4.78, 5) is 44.6. The molecule has 5 rings (SSSR count). The molecule has 6 unspecified atom stereocenters. The van der Waals surface area contributed by atoms with Crippen LogP contribution < -0.4 is 0 Å². The van der Waals surface area contributed by atoms with Crippen molar-refractivity contribution in [1.82, 2.24) is 0 Å². The summed E-state index contributed by atoms with van der Waals surface area (Å²) in [6, 6.07) is 0. The van der Waals surface area contributed by atoms with Crippen LogP contribution in [0.2, 0.25) is 0 Å².